The minimum atomic E-state index is 0.502. The van der Waals surface area contributed by atoms with Crippen molar-refractivity contribution in [1.29, 1.82) is 0 Å². The second-order valence-electron chi connectivity index (χ2n) is 6.37. The van der Waals surface area contributed by atoms with Crippen molar-refractivity contribution in [3.05, 3.63) is 54.6 Å². The summed E-state index contributed by atoms with van der Waals surface area (Å²) in [6.07, 6.45) is 0. The maximum Gasteiger partial charge on any atom is 0.262 e. The van der Waals surface area contributed by atoms with Crippen LogP contribution in [0.3, 0.4) is 0 Å². The van der Waals surface area contributed by atoms with Crippen molar-refractivity contribution in [3.8, 4) is 17.3 Å². The number of likely N-dealkylation sites (N-methyl/N-ethyl adjacent to an activating group) is 1. The van der Waals surface area contributed by atoms with E-state index in [2.05, 4.69) is 23.7 Å². The molecule has 5 nitrogen and oxygen atoms in total. The van der Waals surface area contributed by atoms with E-state index in [1.54, 1.807) is 0 Å². The van der Waals surface area contributed by atoms with Gasteiger partial charge in [0.1, 0.15) is 17.7 Å². The Morgan fingerprint density at radius 1 is 0.926 bits per heavy atom. The van der Waals surface area contributed by atoms with Gasteiger partial charge in [-0.3, -0.25) is 0 Å². The van der Waals surface area contributed by atoms with E-state index in [1.807, 2.05) is 54.6 Å². The minimum absolute atomic E-state index is 0.502. The van der Waals surface area contributed by atoms with Crippen LogP contribution >= 0.6 is 0 Å². The Morgan fingerprint density at radius 2 is 1.67 bits per heavy atom. The maximum atomic E-state index is 6.06. The summed E-state index contributed by atoms with van der Waals surface area (Å²) in [4.78, 5) is 11.8. The first-order valence-corrected chi connectivity index (χ1v) is 9.40. The molecule has 0 fully saturated rings. The normalized spacial score (nSPS) is 11.5. The van der Waals surface area contributed by atoms with Crippen LogP contribution in [0.5, 0.6) is 5.88 Å². The van der Waals surface area contributed by atoms with E-state index in [9.17, 15) is 0 Å². The first kappa shape index (κ1) is 17.5. The highest BCUT2D eigenvalue weighted by Crippen LogP contribution is 2.34. The highest BCUT2D eigenvalue weighted by atomic mass is 16.5. The number of ether oxygens (including phenoxy) is 1. The molecular weight excluding hydrogens is 338 g/mol. The Balaban J connectivity index is 1.78. The SMILES string of the molecule is CCN(CC)CCOc1nc(-c2ccccc2)nc2c1oc1ccccc12. The van der Waals surface area contributed by atoms with Gasteiger partial charge in [0, 0.05) is 17.5 Å². The third-order valence-electron chi connectivity index (χ3n) is 4.76. The fourth-order valence-corrected chi connectivity index (χ4v) is 3.19. The molecule has 2 heterocycles. The van der Waals surface area contributed by atoms with E-state index in [1.165, 1.54) is 0 Å². The van der Waals surface area contributed by atoms with Gasteiger partial charge in [-0.25, -0.2) is 4.98 Å². The number of benzene rings is 2. The van der Waals surface area contributed by atoms with Crippen molar-refractivity contribution in [2.24, 2.45) is 0 Å². The van der Waals surface area contributed by atoms with E-state index in [4.69, 9.17) is 14.1 Å². The number of furan rings is 1. The fourth-order valence-electron chi connectivity index (χ4n) is 3.19. The molecule has 0 unspecified atom stereocenters. The monoisotopic (exact) mass is 361 g/mol. The zero-order chi connectivity index (χ0) is 18.6. The number of para-hydroxylation sites is 1. The molecule has 0 atom stereocenters. The molecule has 27 heavy (non-hydrogen) atoms. The smallest absolute Gasteiger partial charge is 0.262 e. The van der Waals surface area contributed by atoms with Crippen LogP contribution in [0.25, 0.3) is 33.5 Å². The standard InChI is InChI=1S/C22H23N3O2/c1-3-25(4-2)14-15-26-22-20-19(17-12-8-9-13-18(17)27-20)23-21(24-22)16-10-6-5-7-11-16/h5-13H,3-4,14-15H2,1-2H3. The van der Waals surface area contributed by atoms with Crippen LogP contribution in [0.2, 0.25) is 0 Å². The number of nitrogens with zero attached hydrogens (tertiary/aromatic N) is 3. The van der Waals surface area contributed by atoms with Gasteiger partial charge in [0.05, 0.1) is 0 Å². The number of fused-ring (bicyclic) bond motifs is 3. The number of rotatable bonds is 7. The lowest BCUT2D eigenvalue weighted by Crippen LogP contribution is -2.28. The van der Waals surface area contributed by atoms with Gasteiger partial charge < -0.3 is 14.1 Å². The van der Waals surface area contributed by atoms with Crippen LogP contribution in [0.1, 0.15) is 13.8 Å². The van der Waals surface area contributed by atoms with Gasteiger partial charge in [-0.1, -0.05) is 56.3 Å². The summed E-state index contributed by atoms with van der Waals surface area (Å²) >= 11 is 0. The Morgan fingerprint density at radius 3 is 2.44 bits per heavy atom. The van der Waals surface area contributed by atoms with Gasteiger partial charge in [-0.2, -0.15) is 4.98 Å². The van der Waals surface area contributed by atoms with Crippen LogP contribution in [0, 0.1) is 0 Å². The Hall–Kier alpha value is -2.92. The summed E-state index contributed by atoms with van der Waals surface area (Å²) in [6, 6.07) is 17.9. The van der Waals surface area contributed by atoms with Gasteiger partial charge >= 0.3 is 0 Å². The molecule has 5 heteroatoms. The lowest BCUT2D eigenvalue weighted by atomic mass is 10.2. The predicted octanol–water partition coefficient (Wildman–Crippen LogP) is 4.76. The molecular formula is C22H23N3O2. The molecule has 0 radical (unpaired) electrons. The van der Waals surface area contributed by atoms with Gasteiger partial charge in [-0.05, 0) is 25.2 Å². The predicted molar refractivity (Wildman–Crippen MR) is 108 cm³/mol. The summed E-state index contributed by atoms with van der Waals surface area (Å²) in [7, 11) is 0. The van der Waals surface area contributed by atoms with E-state index in [0.717, 1.165) is 41.7 Å². The molecule has 0 saturated carbocycles. The van der Waals surface area contributed by atoms with Crippen molar-refractivity contribution in [1.82, 2.24) is 14.9 Å². The number of hydrogen-bond acceptors (Lipinski definition) is 5. The zero-order valence-corrected chi connectivity index (χ0v) is 15.7. The summed E-state index contributed by atoms with van der Waals surface area (Å²) < 4.78 is 12.1. The molecule has 4 aromatic rings. The third kappa shape index (κ3) is 3.51. The van der Waals surface area contributed by atoms with Crippen molar-refractivity contribution in [3.63, 3.8) is 0 Å². The second kappa shape index (κ2) is 7.76. The molecule has 0 aliphatic rings. The topological polar surface area (TPSA) is 51.4 Å². The van der Waals surface area contributed by atoms with E-state index in [0.29, 0.717) is 23.9 Å². The molecule has 138 valence electrons. The lowest BCUT2D eigenvalue weighted by Gasteiger charge is -2.17. The van der Waals surface area contributed by atoms with Gasteiger partial charge in [-0.15, -0.1) is 0 Å². The molecule has 0 aliphatic heterocycles. The highest BCUT2D eigenvalue weighted by Gasteiger charge is 2.17. The summed E-state index contributed by atoms with van der Waals surface area (Å²) in [5.74, 6) is 1.15. The fraction of sp³-hybridized carbons (Fsp3) is 0.273. The van der Waals surface area contributed by atoms with E-state index < -0.39 is 0 Å². The van der Waals surface area contributed by atoms with Crippen LogP contribution in [0.15, 0.2) is 59.0 Å². The zero-order valence-electron chi connectivity index (χ0n) is 15.7. The second-order valence-corrected chi connectivity index (χ2v) is 6.37. The van der Waals surface area contributed by atoms with E-state index >= 15 is 0 Å². The van der Waals surface area contributed by atoms with Crippen molar-refractivity contribution in [2.75, 3.05) is 26.2 Å². The molecule has 0 bridgehead atoms. The molecule has 0 spiro atoms. The molecule has 0 saturated heterocycles. The van der Waals surface area contributed by atoms with Crippen LogP contribution in [-0.2, 0) is 0 Å². The average molecular weight is 361 g/mol. The van der Waals surface area contributed by atoms with E-state index in [-0.39, 0.29) is 0 Å². The van der Waals surface area contributed by atoms with Crippen LogP contribution < -0.4 is 4.74 Å². The van der Waals surface area contributed by atoms with Gasteiger partial charge in [0.15, 0.2) is 5.82 Å². The molecule has 2 aromatic heterocycles. The van der Waals surface area contributed by atoms with Crippen molar-refractivity contribution in [2.45, 2.75) is 13.8 Å². The molecule has 0 amide bonds. The maximum absolute atomic E-state index is 6.06. The van der Waals surface area contributed by atoms with Crippen molar-refractivity contribution < 1.29 is 9.15 Å². The Bertz CT molecular complexity index is 1040. The van der Waals surface area contributed by atoms with Gasteiger partial charge in [0.25, 0.3) is 5.88 Å². The number of aromatic nitrogens is 2. The number of hydrogen-bond donors (Lipinski definition) is 0. The molecule has 0 aliphatic carbocycles. The summed E-state index contributed by atoms with van der Waals surface area (Å²) in [5.41, 5.74) is 3.14. The minimum Gasteiger partial charge on any atom is -0.474 e. The van der Waals surface area contributed by atoms with Crippen LogP contribution in [0.4, 0.5) is 0 Å². The molecule has 0 N–H and O–H groups in total. The molecule has 4 rings (SSSR count). The quantitative estimate of drug-likeness (QED) is 0.475. The Labute approximate surface area is 158 Å². The average Bonchev–Trinajstić information content (AvgIpc) is 3.11. The molecule has 2 aromatic carbocycles. The largest absolute Gasteiger partial charge is 0.474 e. The van der Waals surface area contributed by atoms with Gasteiger partial charge in [0.2, 0.25) is 5.58 Å². The van der Waals surface area contributed by atoms with Crippen LogP contribution in [-0.4, -0.2) is 41.1 Å². The summed E-state index contributed by atoms with van der Waals surface area (Å²) in [6.45, 7) is 7.70. The first-order chi connectivity index (χ1) is 13.3. The first-order valence-electron chi connectivity index (χ1n) is 9.40. The summed E-state index contributed by atoms with van der Waals surface area (Å²) in [5, 5.41) is 0.973. The highest BCUT2D eigenvalue weighted by molar-refractivity contribution is 6.04. The third-order valence-corrected chi connectivity index (χ3v) is 4.76. The lowest BCUT2D eigenvalue weighted by molar-refractivity contribution is 0.218. The van der Waals surface area contributed by atoms with Crippen molar-refractivity contribution >= 4 is 22.1 Å². The Kier molecular flexibility index (Phi) is 5.03.